The van der Waals surface area contributed by atoms with Crippen molar-refractivity contribution >= 4 is 46.6 Å². The number of benzene rings is 1. The molecule has 1 N–H and O–H groups in total. The topological polar surface area (TPSA) is 59.4 Å². The lowest BCUT2D eigenvalue weighted by Gasteiger charge is -2.17. The number of anilines is 1. The Morgan fingerprint density at radius 3 is 2.83 bits per heavy atom. The number of para-hydroxylation sites is 2. The molecule has 124 valence electrons. The number of ether oxygens (including phenoxy) is 1. The predicted octanol–water partition coefficient (Wildman–Crippen LogP) is 2.73. The molecule has 0 spiro atoms. The van der Waals surface area contributed by atoms with Crippen molar-refractivity contribution in [2.75, 3.05) is 11.5 Å². The summed E-state index contributed by atoms with van der Waals surface area (Å²) < 4.78 is 7.18. The summed E-state index contributed by atoms with van der Waals surface area (Å²) in [6, 6.07) is 7.26. The number of aromatic nitrogens is 2. The lowest BCUT2D eigenvalue weighted by Crippen LogP contribution is -2.30. The number of hydrogen-bond acceptors (Lipinski definition) is 4. The minimum absolute atomic E-state index is 0.274. The molecule has 24 heavy (non-hydrogen) atoms. The van der Waals surface area contributed by atoms with Gasteiger partial charge in [0.15, 0.2) is 5.11 Å². The molecular formula is C16H15ClN4O2S. The van der Waals surface area contributed by atoms with Gasteiger partial charge in [-0.15, -0.1) is 0 Å². The number of nitrogens with zero attached hydrogens (tertiary/aromatic N) is 3. The van der Waals surface area contributed by atoms with E-state index in [2.05, 4.69) is 10.4 Å². The lowest BCUT2D eigenvalue weighted by atomic mass is 10.2. The maximum atomic E-state index is 12.8. The van der Waals surface area contributed by atoms with E-state index in [4.69, 9.17) is 28.6 Å². The Hall–Kier alpha value is -2.38. The van der Waals surface area contributed by atoms with E-state index >= 15 is 0 Å². The molecule has 2 heterocycles. The van der Waals surface area contributed by atoms with E-state index in [1.165, 1.54) is 11.1 Å². The molecule has 0 saturated carbocycles. The van der Waals surface area contributed by atoms with Crippen LogP contribution in [0.1, 0.15) is 12.6 Å². The predicted molar refractivity (Wildman–Crippen MR) is 97.0 cm³/mol. The molecule has 0 atom stereocenters. The fourth-order valence-electron chi connectivity index (χ4n) is 2.39. The minimum atomic E-state index is -0.274. The SMILES string of the molecule is CCOc1ccccc1N1C(=O)/C(=C\c2c(Cl)cnn2C)NC1=S. The number of thiocarbonyl (C=S) groups is 1. The highest BCUT2D eigenvalue weighted by Crippen LogP contribution is 2.32. The first-order chi connectivity index (χ1) is 11.5. The average molecular weight is 363 g/mol. The second-order valence-electron chi connectivity index (χ2n) is 5.03. The molecule has 1 aliphatic rings. The second kappa shape index (κ2) is 6.62. The van der Waals surface area contributed by atoms with Crippen LogP contribution in [0.4, 0.5) is 5.69 Å². The highest BCUT2D eigenvalue weighted by Gasteiger charge is 2.34. The van der Waals surface area contributed by atoms with Gasteiger partial charge in [0.1, 0.15) is 11.4 Å². The third kappa shape index (κ3) is 2.88. The molecule has 1 saturated heterocycles. The Kier molecular flexibility index (Phi) is 4.55. The Balaban J connectivity index is 1.99. The van der Waals surface area contributed by atoms with Crippen molar-refractivity contribution in [1.29, 1.82) is 0 Å². The van der Waals surface area contributed by atoms with Gasteiger partial charge in [0, 0.05) is 7.05 Å². The minimum Gasteiger partial charge on any atom is -0.492 e. The van der Waals surface area contributed by atoms with Gasteiger partial charge in [0.2, 0.25) is 0 Å². The van der Waals surface area contributed by atoms with Gasteiger partial charge < -0.3 is 10.1 Å². The van der Waals surface area contributed by atoms with E-state index in [-0.39, 0.29) is 11.0 Å². The molecule has 0 aliphatic carbocycles. The number of nitrogens with one attached hydrogen (secondary N) is 1. The molecule has 0 bridgehead atoms. The van der Waals surface area contributed by atoms with E-state index in [0.29, 0.717) is 34.5 Å². The van der Waals surface area contributed by atoms with Gasteiger partial charge in [-0.25, -0.2) is 4.90 Å². The first kappa shape index (κ1) is 16.5. The van der Waals surface area contributed by atoms with Crippen molar-refractivity contribution < 1.29 is 9.53 Å². The molecule has 0 radical (unpaired) electrons. The third-order valence-corrected chi connectivity index (χ3v) is 4.08. The van der Waals surface area contributed by atoms with E-state index in [9.17, 15) is 4.79 Å². The zero-order chi connectivity index (χ0) is 17.3. The monoisotopic (exact) mass is 362 g/mol. The van der Waals surface area contributed by atoms with Gasteiger partial charge >= 0.3 is 0 Å². The number of hydrogen-bond donors (Lipinski definition) is 1. The van der Waals surface area contributed by atoms with Crippen molar-refractivity contribution in [3.8, 4) is 5.75 Å². The van der Waals surface area contributed by atoms with Crippen LogP contribution in [0.15, 0.2) is 36.2 Å². The van der Waals surface area contributed by atoms with Crippen molar-refractivity contribution in [3.63, 3.8) is 0 Å². The normalized spacial score (nSPS) is 16.0. The molecule has 1 aromatic carbocycles. The largest absolute Gasteiger partial charge is 0.492 e. The summed E-state index contributed by atoms with van der Waals surface area (Å²) in [5.74, 6) is 0.321. The van der Waals surface area contributed by atoms with Gasteiger partial charge in [0.25, 0.3) is 5.91 Å². The smallest absolute Gasteiger partial charge is 0.281 e. The van der Waals surface area contributed by atoms with Crippen LogP contribution < -0.4 is 15.0 Å². The molecule has 8 heteroatoms. The van der Waals surface area contributed by atoms with Crippen LogP contribution in [-0.2, 0) is 11.8 Å². The van der Waals surface area contributed by atoms with Crippen molar-refractivity contribution in [3.05, 3.63) is 46.9 Å². The zero-order valence-electron chi connectivity index (χ0n) is 13.1. The van der Waals surface area contributed by atoms with Crippen LogP contribution in [0.3, 0.4) is 0 Å². The zero-order valence-corrected chi connectivity index (χ0v) is 14.7. The Morgan fingerprint density at radius 2 is 2.17 bits per heavy atom. The van der Waals surface area contributed by atoms with E-state index in [1.54, 1.807) is 29.9 Å². The van der Waals surface area contributed by atoms with E-state index < -0.39 is 0 Å². The van der Waals surface area contributed by atoms with Crippen LogP contribution in [0, 0.1) is 0 Å². The molecule has 2 aromatic rings. The fraction of sp³-hybridized carbons (Fsp3) is 0.188. The highest BCUT2D eigenvalue weighted by atomic mass is 35.5. The van der Waals surface area contributed by atoms with Crippen molar-refractivity contribution in [1.82, 2.24) is 15.1 Å². The molecule has 1 fully saturated rings. The van der Waals surface area contributed by atoms with Crippen LogP contribution in [0.2, 0.25) is 5.02 Å². The lowest BCUT2D eigenvalue weighted by molar-refractivity contribution is -0.113. The maximum Gasteiger partial charge on any atom is 0.281 e. The van der Waals surface area contributed by atoms with Crippen molar-refractivity contribution in [2.24, 2.45) is 7.05 Å². The Labute approximate surface area is 149 Å². The van der Waals surface area contributed by atoms with Gasteiger partial charge in [-0.05, 0) is 37.4 Å². The maximum absolute atomic E-state index is 12.8. The average Bonchev–Trinajstić information content (AvgIpc) is 3.02. The highest BCUT2D eigenvalue weighted by molar-refractivity contribution is 7.80. The first-order valence-electron chi connectivity index (χ1n) is 7.29. The quantitative estimate of drug-likeness (QED) is 0.669. The molecular weight excluding hydrogens is 348 g/mol. The summed E-state index contributed by atoms with van der Waals surface area (Å²) in [5.41, 5.74) is 1.55. The third-order valence-electron chi connectivity index (χ3n) is 3.50. The number of carbonyl (C=O) groups excluding carboxylic acids is 1. The molecule has 6 nitrogen and oxygen atoms in total. The first-order valence-corrected chi connectivity index (χ1v) is 8.08. The second-order valence-corrected chi connectivity index (χ2v) is 5.82. The van der Waals surface area contributed by atoms with Gasteiger partial charge in [0.05, 0.1) is 29.2 Å². The molecule has 1 aromatic heterocycles. The van der Waals surface area contributed by atoms with Crippen LogP contribution in [0.25, 0.3) is 6.08 Å². The number of rotatable bonds is 4. The summed E-state index contributed by atoms with van der Waals surface area (Å²) in [6.45, 7) is 2.38. The van der Waals surface area contributed by atoms with Gasteiger partial charge in [-0.3, -0.25) is 9.48 Å². The molecule has 1 amide bonds. The number of carbonyl (C=O) groups is 1. The summed E-state index contributed by atoms with van der Waals surface area (Å²) in [7, 11) is 1.75. The Morgan fingerprint density at radius 1 is 1.42 bits per heavy atom. The van der Waals surface area contributed by atoms with E-state index in [1.807, 2.05) is 19.1 Å². The summed E-state index contributed by atoms with van der Waals surface area (Å²) in [4.78, 5) is 14.2. The van der Waals surface area contributed by atoms with Gasteiger partial charge in [-0.1, -0.05) is 23.7 Å². The molecule has 0 unspecified atom stereocenters. The summed E-state index contributed by atoms with van der Waals surface area (Å²) in [6.07, 6.45) is 3.15. The fourth-order valence-corrected chi connectivity index (χ4v) is 2.90. The van der Waals surface area contributed by atoms with Crippen LogP contribution >= 0.6 is 23.8 Å². The standard InChI is InChI=1S/C16H15ClN4O2S/c1-3-23-14-7-5-4-6-12(14)21-15(22)11(19-16(21)24)8-13-10(17)9-18-20(13)2/h4-9H,3H2,1-2H3,(H,19,24)/b11-8+. The Bertz CT molecular complexity index is 827. The number of aryl methyl sites for hydroxylation is 1. The van der Waals surface area contributed by atoms with Crippen molar-refractivity contribution in [2.45, 2.75) is 6.92 Å². The number of amides is 1. The van der Waals surface area contributed by atoms with Crippen LogP contribution in [-0.4, -0.2) is 27.4 Å². The summed E-state index contributed by atoms with van der Waals surface area (Å²) in [5, 5.41) is 7.73. The molecule has 1 aliphatic heterocycles. The summed E-state index contributed by atoms with van der Waals surface area (Å²) >= 11 is 11.4. The van der Waals surface area contributed by atoms with E-state index in [0.717, 1.165) is 0 Å². The number of halogens is 1. The molecule has 3 rings (SSSR count). The van der Waals surface area contributed by atoms with Gasteiger partial charge in [-0.2, -0.15) is 5.10 Å². The van der Waals surface area contributed by atoms with Crippen LogP contribution in [0.5, 0.6) is 5.75 Å².